The van der Waals surface area contributed by atoms with E-state index in [1.807, 2.05) is 0 Å². The highest BCUT2D eigenvalue weighted by Crippen LogP contribution is 2.41. The minimum Gasteiger partial charge on any atom is -0.350 e. The Labute approximate surface area is 121 Å². The lowest BCUT2D eigenvalue weighted by atomic mass is 10.2. The van der Waals surface area contributed by atoms with E-state index >= 15 is 0 Å². The summed E-state index contributed by atoms with van der Waals surface area (Å²) in [5, 5.41) is 7.08. The number of rotatable bonds is 6. The van der Waals surface area contributed by atoms with Crippen molar-refractivity contribution in [1.29, 1.82) is 0 Å². The summed E-state index contributed by atoms with van der Waals surface area (Å²) in [6, 6.07) is 8.67. The molecule has 0 bridgehead atoms. The molecule has 3 rings (SSSR count). The van der Waals surface area contributed by atoms with Crippen molar-refractivity contribution >= 4 is 11.4 Å². The molecule has 0 radical (unpaired) electrons. The second kappa shape index (κ2) is 5.75. The van der Waals surface area contributed by atoms with E-state index in [-0.39, 0.29) is 6.29 Å². The van der Waals surface area contributed by atoms with Crippen molar-refractivity contribution in [2.75, 3.05) is 29.4 Å². The second-order valence-electron chi connectivity index (χ2n) is 5.37. The van der Waals surface area contributed by atoms with Gasteiger partial charge < -0.3 is 20.4 Å². The van der Waals surface area contributed by atoms with Crippen LogP contribution in [0.2, 0.25) is 0 Å². The third-order valence-corrected chi connectivity index (χ3v) is 3.94. The van der Waals surface area contributed by atoms with Crippen LogP contribution in [-0.4, -0.2) is 25.9 Å². The van der Waals surface area contributed by atoms with Crippen LogP contribution >= 0.6 is 0 Å². The third kappa shape index (κ3) is 2.24. The van der Waals surface area contributed by atoms with Gasteiger partial charge in [0.1, 0.15) is 0 Å². The Morgan fingerprint density at radius 3 is 2.75 bits per heavy atom. The van der Waals surface area contributed by atoms with Crippen molar-refractivity contribution in [2.45, 2.75) is 33.0 Å². The standard InChI is InChI=1S/C16H24N4/c1-3-7-13-12-20-15-9-6-5-8-14(15)19(16(20)18-13)11-10-17-4-2/h5-6,8-9,12,16-18H,3-4,7,10-11H2,1-2H3. The van der Waals surface area contributed by atoms with Crippen LogP contribution in [0.15, 0.2) is 36.2 Å². The van der Waals surface area contributed by atoms with Gasteiger partial charge in [0.25, 0.3) is 0 Å². The van der Waals surface area contributed by atoms with Gasteiger partial charge in [0, 0.05) is 25.0 Å². The van der Waals surface area contributed by atoms with Crippen LogP contribution in [0.5, 0.6) is 0 Å². The van der Waals surface area contributed by atoms with Gasteiger partial charge >= 0.3 is 0 Å². The van der Waals surface area contributed by atoms with E-state index in [4.69, 9.17) is 0 Å². The summed E-state index contributed by atoms with van der Waals surface area (Å²) in [6.07, 6.45) is 4.84. The number of nitrogens with one attached hydrogen (secondary N) is 2. The van der Waals surface area contributed by atoms with Crippen molar-refractivity contribution in [1.82, 2.24) is 10.6 Å². The van der Waals surface area contributed by atoms with Gasteiger partial charge in [-0.1, -0.05) is 32.4 Å². The van der Waals surface area contributed by atoms with Gasteiger partial charge in [-0.3, -0.25) is 0 Å². The molecule has 20 heavy (non-hydrogen) atoms. The number of allylic oxidation sites excluding steroid dienone is 1. The molecule has 0 spiro atoms. The Morgan fingerprint density at radius 1 is 1.20 bits per heavy atom. The molecule has 0 saturated carbocycles. The highest BCUT2D eigenvalue weighted by Gasteiger charge is 2.38. The van der Waals surface area contributed by atoms with Crippen LogP contribution in [0.25, 0.3) is 0 Å². The molecule has 4 heteroatoms. The molecule has 0 amide bonds. The van der Waals surface area contributed by atoms with Crippen molar-refractivity contribution in [3.63, 3.8) is 0 Å². The maximum atomic E-state index is 3.66. The molecule has 1 aromatic carbocycles. The molecular formula is C16H24N4. The normalized spacial score (nSPS) is 19.7. The van der Waals surface area contributed by atoms with E-state index in [1.165, 1.54) is 23.5 Å². The molecule has 2 aliphatic heterocycles. The molecule has 0 saturated heterocycles. The predicted molar refractivity (Wildman–Crippen MR) is 84.7 cm³/mol. The molecule has 0 aromatic heterocycles. The number of para-hydroxylation sites is 2. The molecule has 108 valence electrons. The molecule has 2 aliphatic rings. The van der Waals surface area contributed by atoms with Crippen LogP contribution in [0.3, 0.4) is 0 Å². The topological polar surface area (TPSA) is 30.5 Å². The van der Waals surface area contributed by atoms with Gasteiger partial charge in [-0.2, -0.15) is 0 Å². The second-order valence-corrected chi connectivity index (χ2v) is 5.37. The zero-order valence-corrected chi connectivity index (χ0v) is 12.4. The molecule has 1 aromatic rings. The predicted octanol–water partition coefficient (Wildman–Crippen LogP) is 2.45. The van der Waals surface area contributed by atoms with Gasteiger partial charge in [-0.15, -0.1) is 0 Å². The number of nitrogens with zero attached hydrogens (tertiary/aromatic N) is 2. The van der Waals surface area contributed by atoms with Crippen LogP contribution in [0.4, 0.5) is 11.4 Å². The summed E-state index contributed by atoms with van der Waals surface area (Å²) in [7, 11) is 0. The first-order valence-corrected chi connectivity index (χ1v) is 7.67. The fraction of sp³-hybridized carbons (Fsp3) is 0.500. The summed E-state index contributed by atoms with van der Waals surface area (Å²) in [5.74, 6) is 0. The quantitative estimate of drug-likeness (QED) is 0.779. The first-order valence-electron chi connectivity index (χ1n) is 7.67. The lowest BCUT2D eigenvalue weighted by Crippen LogP contribution is -2.48. The number of hydrogen-bond donors (Lipinski definition) is 2. The average Bonchev–Trinajstić information content (AvgIpc) is 2.98. The fourth-order valence-electron chi connectivity index (χ4n) is 3.02. The Balaban J connectivity index is 1.82. The summed E-state index contributed by atoms with van der Waals surface area (Å²) in [5.41, 5.74) is 3.99. The third-order valence-electron chi connectivity index (χ3n) is 3.94. The van der Waals surface area contributed by atoms with Gasteiger partial charge in [-0.05, 0) is 25.1 Å². The lowest BCUT2D eigenvalue weighted by Gasteiger charge is -2.28. The van der Waals surface area contributed by atoms with Crippen molar-refractivity contribution in [2.24, 2.45) is 0 Å². The molecule has 2 N–H and O–H groups in total. The largest absolute Gasteiger partial charge is 0.350 e. The lowest BCUT2D eigenvalue weighted by molar-refractivity contribution is 0.560. The minimum atomic E-state index is 0.257. The van der Waals surface area contributed by atoms with Crippen molar-refractivity contribution in [3.8, 4) is 0 Å². The van der Waals surface area contributed by atoms with Gasteiger partial charge in [0.2, 0.25) is 0 Å². The SMILES string of the molecule is CCCC1=CN2c3ccccc3N(CCNCC)C2N1. The Bertz CT molecular complexity index is 497. The maximum Gasteiger partial charge on any atom is 0.182 e. The Kier molecular flexibility index (Phi) is 3.83. The molecule has 1 unspecified atom stereocenters. The number of fused-ring (bicyclic) bond motifs is 3. The summed E-state index contributed by atoms with van der Waals surface area (Å²) < 4.78 is 0. The first-order chi connectivity index (χ1) is 9.85. The van der Waals surface area contributed by atoms with Crippen LogP contribution < -0.4 is 20.4 Å². The highest BCUT2D eigenvalue weighted by molar-refractivity contribution is 5.79. The minimum absolute atomic E-state index is 0.257. The molecule has 1 atom stereocenters. The van der Waals surface area contributed by atoms with Crippen LogP contribution in [-0.2, 0) is 0 Å². The zero-order chi connectivity index (χ0) is 13.9. The van der Waals surface area contributed by atoms with E-state index < -0.39 is 0 Å². The number of benzene rings is 1. The van der Waals surface area contributed by atoms with Gasteiger partial charge in [-0.25, -0.2) is 0 Å². The summed E-state index contributed by atoms with van der Waals surface area (Å²) >= 11 is 0. The fourth-order valence-corrected chi connectivity index (χ4v) is 3.02. The zero-order valence-electron chi connectivity index (χ0n) is 12.4. The first kappa shape index (κ1) is 13.3. The smallest absolute Gasteiger partial charge is 0.182 e. The van der Waals surface area contributed by atoms with E-state index in [9.17, 15) is 0 Å². The van der Waals surface area contributed by atoms with Gasteiger partial charge in [0.15, 0.2) is 6.29 Å². The van der Waals surface area contributed by atoms with Crippen molar-refractivity contribution < 1.29 is 0 Å². The average molecular weight is 272 g/mol. The van der Waals surface area contributed by atoms with Crippen LogP contribution in [0.1, 0.15) is 26.7 Å². The molecule has 2 heterocycles. The molecule has 0 aliphatic carbocycles. The number of likely N-dealkylation sites (N-methyl/N-ethyl adjacent to an activating group) is 1. The summed E-state index contributed by atoms with van der Waals surface area (Å²) in [4.78, 5) is 4.82. The molecule has 0 fully saturated rings. The Morgan fingerprint density at radius 2 is 2.00 bits per heavy atom. The maximum absolute atomic E-state index is 3.66. The number of hydrogen-bond acceptors (Lipinski definition) is 4. The molecule has 4 nitrogen and oxygen atoms in total. The van der Waals surface area contributed by atoms with Gasteiger partial charge in [0.05, 0.1) is 11.4 Å². The van der Waals surface area contributed by atoms with Crippen LogP contribution in [0, 0.1) is 0 Å². The number of anilines is 2. The highest BCUT2D eigenvalue weighted by atomic mass is 15.5. The van der Waals surface area contributed by atoms with E-state index in [0.29, 0.717) is 0 Å². The monoisotopic (exact) mass is 272 g/mol. The van der Waals surface area contributed by atoms with E-state index in [1.54, 1.807) is 0 Å². The Hall–Kier alpha value is -1.68. The summed E-state index contributed by atoms with van der Waals surface area (Å²) in [6.45, 7) is 7.44. The van der Waals surface area contributed by atoms with E-state index in [2.05, 4.69) is 64.7 Å². The van der Waals surface area contributed by atoms with E-state index in [0.717, 1.165) is 26.1 Å². The van der Waals surface area contributed by atoms with Crippen molar-refractivity contribution in [3.05, 3.63) is 36.2 Å². The molecular weight excluding hydrogens is 248 g/mol.